The summed E-state index contributed by atoms with van der Waals surface area (Å²) in [5, 5.41) is 3.07. The maximum absolute atomic E-state index is 12.8. The van der Waals surface area contributed by atoms with Crippen LogP contribution < -0.4 is 10.1 Å². The maximum Gasteiger partial charge on any atom is 0.234 e. The third-order valence-corrected chi connectivity index (χ3v) is 5.67. The van der Waals surface area contributed by atoms with Crippen LogP contribution in [0.3, 0.4) is 0 Å². The fraction of sp³-hybridized carbons (Fsp3) is 0.500. The van der Waals surface area contributed by atoms with Gasteiger partial charge < -0.3 is 10.1 Å². The van der Waals surface area contributed by atoms with E-state index >= 15 is 0 Å². The molecule has 0 aliphatic heterocycles. The van der Waals surface area contributed by atoms with Crippen molar-refractivity contribution in [2.24, 2.45) is 16.7 Å². The molecule has 2 saturated carbocycles. The van der Waals surface area contributed by atoms with Crippen LogP contribution in [0.1, 0.15) is 33.1 Å². The SMILES string of the molecule is C=C1C(C)(C)[C@@H]2CC[C@]1(C(=O)Nc1ccc(OC)cc1)C2. The third kappa shape index (κ3) is 1.98. The maximum atomic E-state index is 12.8. The smallest absolute Gasteiger partial charge is 0.234 e. The molecule has 0 unspecified atom stereocenters. The summed E-state index contributed by atoms with van der Waals surface area (Å²) >= 11 is 0. The number of nitrogens with one attached hydrogen (secondary N) is 1. The fourth-order valence-electron chi connectivity index (χ4n) is 4.07. The molecule has 21 heavy (non-hydrogen) atoms. The predicted octanol–water partition coefficient (Wildman–Crippen LogP) is 4.02. The predicted molar refractivity (Wildman–Crippen MR) is 84.3 cm³/mol. The molecule has 0 aromatic heterocycles. The monoisotopic (exact) mass is 285 g/mol. The zero-order chi connectivity index (χ0) is 15.3. The zero-order valence-corrected chi connectivity index (χ0v) is 13.0. The average Bonchev–Trinajstić information content (AvgIpc) is 3.00. The largest absolute Gasteiger partial charge is 0.497 e. The van der Waals surface area contributed by atoms with Crippen LogP contribution >= 0.6 is 0 Å². The van der Waals surface area contributed by atoms with Crippen LogP contribution in [0, 0.1) is 16.7 Å². The van der Waals surface area contributed by atoms with Crippen molar-refractivity contribution in [3.63, 3.8) is 0 Å². The van der Waals surface area contributed by atoms with E-state index in [4.69, 9.17) is 4.74 Å². The Hall–Kier alpha value is -1.77. The Morgan fingerprint density at radius 3 is 2.52 bits per heavy atom. The summed E-state index contributed by atoms with van der Waals surface area (Å²) < 4.78 is 5.14. The fourth-order valence-corrected chi connectivity index (χ4v) is 4.07. The first kappa shape index (κ1) is 14.2. The van der Waals surface area contributed by atoms with E-state index in [1.165, 1.54) is 0 Å². The minimum Gasteiger partial charge on any atom is -0.497 e. The van der Waals surface area contributed by atoms with Crippen LogP contribution in [0.4, 0.5) is 5.69 Å². The van der Waals surface area contributed by atoms with Crippen molar-refractivity contribution >= 4 is 11.6 Å². The molecule has 3 nitrogen and oxygen atoms in total. The van der Waals surface area contributed by atoms with Gasteiger partial charge in [0, 0.05) is 5.69 Å². The van der Waals surface area contributed by atoms with Crippen LogP contribution in [0.2, 0.25) is 0 Å². The molecular formula is C18H23NO2. The molecule has 2 aliphatic carbocycles. The Morgan fingerprint density at radius 1 is 1.33 bits per heavy atom. The van der Waals surface area contributed by atoms with Gasteiger partial charge in [0.05, 0.1) is 12.5 Å². The van der Waals surface area contributed by atoms with E-state index in [2.05, 4.69) is 25.7 Å². The van der Waals surface area contributed by atoms with E-state index in [0.29, 0.717) is 5.92 Å². The molecule has 3 rings (SSSR count). The van der Waals surface area contributed by atoms with Gasteiger partial charge in [-0.3, -0.25) is 4.79 Å². The highest BCUT2D eigenvalue weighted by Gasteiger charge is 2.60. The van der Waals surface area contributed by atoms with E-state index in [0.717, 1.165) is 36.3 Å². The van der Waals surface area contributed by atoms with Crippen LogP contribution in [0.25, 0.3) is 0 Å². The molecule has 3 heteroatoms. The number of rotatable bonds is 3. The van der Waals surface area contributed by atoms with E-state index < -0.39 is 0 Å². The minimum absolute atomic E-state index is 0.0789. The van der Waals surface area contributed by atoms with Gasteiger partial charge >= 0.3 is 0 Å². The van der Waals surface area contributed by atoms with E-state index in [1.54, 1.807) is 7.11 Å². The van der Waals surface area contributed by atoms with Crippen molar-refractivity contribution in [2.75, 3.05) is 12.4 Å². The highest BCUT2D eigenvalue weighted by Crippen LogP contribution is 2.65. The molecule has 1 aromatic carbocycles. The molecular weight excluding hydrogens is 262 g/mol. The molecule has 2 fully saturated rings. The first-order valence-corrected chi connectivity index (χ1v) is 7.55. The number of carbonyl (C=O) groups excluding carboxylic acids is 1. The first-order chi connectivity index (χ1) is 9.90. The van der Waals surface area contributed by atoms with Crippen molar-refractivity contribution in [1.82, 2.24) is 0 Å². The van der Waals surface area contributed by atoms with Gasteiger partial charge in [-0.1, -0.05) is 26.0 Å². The topological polar surface area (TPSA) is 38.3 Å². The normalized spacial score (nSPS) is 29.5. The lowest BCUT2D eigenvalue weighted by molar-refractivity contribution is -0.123. The molecule has 0 spiro atoms. The average molecular weight is 285 g/mol. The second kappa shape index (κ2) is 4.62. The van der Waals surface area contributed by atoms with Crippen molar-refractivity contribution in [1.29, 1.82) is 0 Å². The van der Waals surface area contributed by atoms with Gasteiger partial charge in [-0.2, -0.15) is 0 Å². The van der Waals surface area contributed by atoms with Crippen molar-refractivity contribution in [3.05, 3.63) is 36.4 Å². The molecule has 0 heterocycles. The summed E-state index contributed by atoms with van der Waals surface area (Å²) in [6.07, 6.45) is 3.00. The highest BCUT2D eigenvalue weighted by atomic mass is 16.5. The summed E-state index contributed by atoms with van der Waals surface area (Å²) in [5.41, 5.74) is 1.64. The van der Waals surface area contributed by atoms with Gasteiger partial charge in [0.1, 0.15) is 5.75 Å². The summed E-state index contributed by atoms with van der Waals surface area (Å²) in [4.78, 5) is 12.8. The van der Waals surface area contributed by atoms with Gasteiger partial charge in [-0.05, 0) is 54.9 Å². The molecule has 2 bridgehead atoms. The molecule has 1 N–H and O–H groups in total. The quantitative estimate of drug-likeness (QED) is 0.852. The molecule has 0 saturated heterocycles. The van der Waals surface area contributed by atoms with Gasteiger partial charge in [-0.25, -0.2) is 0 Å². The lowest BCUT2D eigenvalue weighted by Gasteiger charge is -2.37. The number of hydrogen-bond donors (Lipinski definition) is 1. The number of anilines is 1. The molecule has 2 atom stereocenters. The Balaban J connectivity index is 1.81. The van der Waals surface area contributed by atoms with Gasteiger partial charge in [0.15, 0.2) is 0 Å². The highest BCUT2D eigenvalue weighted by molar-refractivity contribution is 5.98. The van der Waals surface area contributed by atoms with Crippen molar-refractivity contribution in [2.45, 2.75) is 33.1 Å². The Kier molecular flexibility index (Phi) is 3.12. The molecule has 1 amide bonds. The zero-order valence-electron chi connectivity index (χ0n) is 13.0. The Bertz CT molecular complexity index is 588. The van der Waals surface area contributed by atoms with Crippen LogP contribution in [-0.4, -0.2) is 13.0 Å². The second-order valence-electron chi connectivity index (χ2n) is 6.90. The number of ether oxygens (including phenoxy) is 1. The van der Waals surface area contributed by atoms with Crippen LogP contribution in [0.15, 0.2) is 36.4 Å². The summed E-state index contributed by atoms with van der Waals surface area (Å²) in [7, 11) is 1.63. The lowest BCUT2D eigenvalue weighted by atomic mass is 9.68. The van der Waals surface area contributed by atoms with Crippen LogP contribution in [0.5, 0.6) is 5.75 Å². The molecule has 112 valence electrons. The van der Waals surface area contributed by atoms with E-state index in [9.17, 15) is 4.79 Å². The molecule has 2 aliphatic rings. The van der Waals surface area contributed by atoms with Gasteiger partial charge in [-0.15, -0.1) is 0 Å². The standard InChI is InChI=1S/C18H23NO2/c1-12-17(2,3)13-9-10-18(12,11-13)16(20)19-14-5-7-15(21-4)8-6-14/h5-8,13H,1,9-11H2,2-4H3,(H,19,20)/t13-,18+/m1/s1. The summed E-state index contributed by atoms with van der Waals surface area (Å²) in [6, 6.07) is 7.47. The van der Waals surface area contributed by atoms with E-state index in [1.807, 2.05) is 24.3 Å². The number of benzene rings is 1. The number of carbonyl (C=O) groups is 1. The number of hydrogen-bond acceptors (Lipinski definition) is 2. The molecule has 1 aromatic rings. The van der Waals surface area contributed by atoms with Crippen molar-refractivity contribution < 1.29 is 9.53 Å². The van der Waals surface area contributed by atoms with Crippen molar-refractivity contribution in [3.8, 4) is 5.75 Å². The van der Waals surface area contributed by atoms with Crippen LogP contribution in [-0.2, 0) is 4.79 Å². The second-order valence-corrected chi connectivity index (χ2v) is 6.90. The number of fused-ring (bicyclic) bond motifs is 2. The van der Waals surface area contributed by atoms with Gasteiger partial charge in [0.2, 0.25) is 5.91 Å². The first-order valence-electron chi connectivity index (χ1n) is 7.55. The minimum atomic E-state index is -0.367. The molecule has 0 radical (unpaired) electrons. The Labute approximate surface area is 126 Å². The Morgan fingerprint density at radius 2 is 2.00 bits per heavy atom. The van der Waals surface area contributed by atoms with Gasteiger partial charge in [0.25, 0.3) is 0 Å². The third-order valence-electron chi connectivity index (χ3n) is 5.67. The summed E-state index contributed by atoms with van der Waals surface area (Å²) in [5.74, 6) is 1.48. The number of methoxy groups -OCH3 is 1. The van der Waals surface area contributed by atoms with E-state index in [-0.39, 0.29) is 16.7 Å². The lowest BCUT2D eigenvalue weighted by Crippen LogP contribution is -2.37. The number of amides is 1. The summed E-state index contributed by atoms with van der Waals surface area (Å²) in [6.45, 7) is 8.72.